The van der Waals surface area contributed by atoms with Crippen LogP contribution < -0.4 is 10.0 Å². The molecule has 0 aliphatic heterocycles. The van der Waals surface area contributed by atoms with E-state index in [1.54, 1.807) is 17.4 Å². The normalized spacial score (nSPS) is 11.2. The standard InChI is InChI=1S/C17H16N4O3S2/c1-11-10-15(12(2)25-11)16(22)20-13-4-6-14(7-5-13)26(23,24)21-17-18-8-3-9-19-17/h3-10H,1-2H3,(H,20,22)(H,18,19,21). The van der Waals surface area contributed by atoms with E-state index in [2.05, 4.69) is 20.0 Å². The number of anilines is 2. The Labute approximate surface area is 155 Å². The van der Waals surface area contributed by atoms with E-state index in [4.69, 9.17) is 0 Å². The third-order valence-corrected chi connectivity index (χ3v) is 5.81. The molecule has 0 aliphatic rings. The van der Waals surface area contributed by atoms with Gasteiger partial charge in [-0.3, -0.25) is 4.79 Å². The molecule has 0 aliphatic carbocycles. The van der Waals surface area contributed by atoms with Crippen LogP contribution in [0.15, 0.2) is 53.7 Å². The van der Waals surface area contributed by atoms with Crippen molar-refractivity contribution in [1.82, 2.24) is 9.97 Å². The maximum atomic E-state index is 12.3. The molecule has 3 aromatic rings. The number of hydrogen-bond donors (Lipinski definition) is 2. The molecule has 9 heteroatoms. The number of carbonyl (C=O) groups excluding carboxylic acids is 1. The van der Waals surface area contributed by atoms with Crippen LogP contribution in [0.25, 0.3) is 0 Å². The van der Waals surface area contributed by atoms with E-state index in [-0.39, 0.29) is 16.8 Å². The summed E-state index contributed by atoms with van der Waals surface area (Å²) in [5, 5.41) is 2.77. The minimum atomic E-state index is -3.80. The number of hydrogen-bond acceptors (Lipinski definition) is 6. The average molecular weight is 388 g/mol. The molecule has 0 spiro atoms. The lowest BCUT2D eigenvalue weighted by molar-refractivity contribution is 0.102. The topological polar surface area (TPSA) is 101 Å². The number of nitrogens with one attached hydrogen (secondary N) is 2. The molecular weight excluding hydrogens is 372 g/mol. The van der Waals surface area contributed by atoms with Crippen LogP contribution in [-0.2, 0) is 10.0 Å². The van der Waals surface area contributed by atoms with Gasteiger partial charge in [0.2, 0.25) is 5.95 Å². The van der Waals surface area contributed by atoms with Gasteiger partial charge in [-0.15, -0.1) is 11.3 Å². The number of thiophene rings is 1. The van der Waals surface area contributed by atoms with E-state index in [1.165, 1.54) is 36.7 Å². The summed E-state index contributed by atoms with van der Waals surface area (Å²) in [4.78, 5) is 22.0. The molecule has 1 aromatic carbocycles. The average Bonchev–Trinajstić information content (AvgIpc) is 2.94. The first-order chi connectivity index (χ1) is 12.3. The first-order valence-corrected chi connectivity index (χ1v) is 9.93. The molecule has 0 fully saturated rings. The van der Waals surface area contributed by atoms with E-state index in [0.717, 1.165) is 9.75 Å². The maximum absolute atomic E-state index is 12.3. The van der Waals surface area contributed by atoms with Gasteiger partial charge in [-0.1, -0.05) is 0 Å². The van der Waals surface area contributed by atoms with Crippen LogP contribution >= 0.6 is 11.3 Å². The van der Waals surface area contributed by atoms with Gasteiger partial charge in [0.25, 0.3) is 15.9 Å². The Morgan fingerprint density at radius 1 is 1.08 bits per heavy atom. The van der Waals surface area contributed by atoms with Gasteiger partial charge in [0.05, 0.1) is 10.5 Å². The summed E-state index contributed by atoms with van der Waals surface area (Å²) in [6.07, 6.45) is 2.88. The van der Waals surface area contributed by atoms with Crippen LogP contribution in [-0.4, -0.2) is 24.3 Å². The Morgan fingerprint density at radius 3 is 2.31 bits per heavy atom. The summed E-state index contributed by atoms with van der Waals surface area (Å²) in [5.41, 5.74) is 1.13. The van der Waals surface area contributed by atoms with Gasteiger partial charge in [-0.05, 0) is 50.2 Å². The molecular formula is C17H16N4O3S2. The number of benzene rings is 1. The number of carbonyl (C=O) groups is 1. The lowest BCUT2D eigenvalue weighted by Gasteiger charge is -2.08. The molecule has 0 atom stereocenters. The summed E-state index contributed by atoms with van der Waals surface area (Å²) >= 11 is 1.55. The Morgan fingerprint density at radius 2 is 1.73 bits per heavy atom. The molecule has 0 radical (unpaired) electrons. The van der Waals surface area contributed by atoms with Crippen LogP contribution in [0, 0.1) is 13.8 Å². The first-order valence-electron chi connectivity index (χ1n) is 7.63. The molecule has 0 bridgehead atoms. The smallest absolute Gasteiger partial charge is 0.264 e. The Hall–Kier alpha value is -2.78. The van der Waals surface area contributed by atoms with Gasteiger partial charge in [0, 0.05) is 27.8 Å². The van der Waals surface area contributed by atoms with Gasteiger partial charge in [-0.25, -0.2) is 23.1 Å². The van der Waals surface area contributed by atoms with Crippen molar-refractivity contribution in [2.24, 2.45) is 0 Å². The van der Waals surface area contributed by atoms with Gasteiger partial charge in [-0.2, -0.15) is 0 Å². The minimum absolute atomic E-state index is 0.00631. The minimum Gasteiger partial charge on any atom is -0.322 e. The Balaban J connectivity index is 1.74. The van der Waals surface area contributed by atoms with Crippen LogP contribution in [0.5, 0.6) is 0 Å². The monoisotopic (exact) mass is 388 g/mol. The van der Waals surface area contributed by atoms with Crippen LogP contribution in [0.1, 0.15) is 20.1 Å². The van der Waals surface area contributed by atoms with Crippen molar-refractivity contribution in [3.05, 3.63) is 64.1 Å². The molecule has 26 heavy (non-hydrogen) atoms. The van der Waals surface area contributed by atoms with Crippen molar-refractivity contribution in [1.29, 1.82) is 0 Å². The molecule has 2 N–H and O–H groups in total. The van der Waals surface area contributed by atoms with Crippen LogP contribution in [0.2, 0.25) is 0 Å². The Kier molecular flexibility index (Phi) is 5.01. The van der Waals surface area contributed by atoms with E-state index in [0.29, 0.717) is 11.3 Å². The summed E-state index contributed by atoms with van der Waals surface area (Å²) < 4.78 is 26.9. The zero-order chi connectivity index (χ0) is 18.7. The van der Waals surface area contributed by atoms with Crippen LogP contribution in [0.4, 0.5) is 11.6 Å². The fourth-order valence-corrected chi connectivity index (χ4v) is 4.18. The highest BCUT2D eigenvalue weighted by Gasteiger charge is 2.16. The van der Waals surface area contributed by atoms with Crippen molar-refractivity contribution in [3.63, 3.8) is 0 Å². The van der Waals surface area contributed by atoms with E-state index >= 15 is 0 Å². The number of amides is 1. The molecule has 134 valence electrons. The molecule has 0 saturated heterocycles. The summed E-state index contributed by atoms with van der Waals surface area (Å²) in [6.45, 7) is 3.83. The summed E-state index contributed by atoms with van der Waals surface area (Å²) in [5.74, 6) is -0.230. The van der Waals surface area contributed by atoms with Crippen molar-refractivity contribution in [2.75, 3.05) is 10.0 Å². The second-order valence-corrected chi connectivity index (χ2v) is 8.63. The van der Waals surface area contributed by atoms with Crippen molar-refractivity contribution in [2.45, 2.75) is 18.7 Å². The van der Waals surface area contributed by atoms with Crippen molar-refractivity contribution >= 4 is 38.9 Å². The number of nitrogens with zero attached hydrogens (tertiary/aromatic N) is 2. The largest absolute Gasteiger partial charge is 0.322 e. The van der Waals surface area contributed by atoms with Gasteiger partial charge in [0.1, 0.15) is 0 Å². The zero-order valence-electron chi connectivity index (χ0n) is 14.1. The molecule has 1 amide bonds. The third-order valence-electron chi connectivity index (χ3n) is 3.50. The van der Waals surface area contributed by atoms with E-state index in [9.17, 15) is 13.2 Å². The maximum Gasteiger partial charge on any atom is 0.264 e. The second kappa shape index (κ2) is 7.22. The predicted octanol–water partition coefficient (Wildman–Crippen LogP) is 3.21. The van der Waals surface area contributed by atoms with Gasteiger partial charge >= 0.3 is 0 Å². The molecule has 2 heterocycles. The highest BCUT2D eigenvalue weighted by atomic mass is 32.2. The zero-order valence-corrected chi connectivity index (χ0v) is 15.7. The molecule has 3 rings (SSSR count). The number of sulfonamides is 1. The molecule has 0 saturated carbocycles. The van der Waals surface area contributed by atoms with E-state index in [1.807, 2.05) is 19.9 Å². The van der Waals surface area contributed by atoms with Crippen molar-refractivity contribution in [3.8, 4) is 0 Å². The van der Waals surface area contributed by atoms with E-state index < -0.39 is 10.0 Å². The highest BCUT2D eigenvalue weighted by molar-refractivity contribution is 7.92. The first kappa shape index (κ1) is 18.0. The van der Waals surface area contributed by atoms with Crippen LogP contribution in [0.3, 0.4) is 0 Å². The second-order valence-electron chi connectivity index (χ2n) is 5.48. The SMILES string of the molecule is Cc1cc(C(=O)Nc2ccc(S(=O)(=O)Nc3ncccn3)cc2)c(C)s1. The number of aryl methyl sites for hydroxylation is 2. The lowest BCUT2D eigenvalue weighted by Crippen LogP contribution is -2.15. The summed E-state index contributed by atoms with van der Waals surface area (Å²) in [6, 6.07) is 9.31. The van der Waals surface area contributed by atoms with Gasteiger partial charge < -0.3 is 5.32 Å². The molecule has 2 aromatic heterocycles. The third kappa shape index (κ3) is 4.06. The summed E-state index contributed by atoms with van der Waals surface area (Å²) in [7, 11) is -3.80. The van der Waals surface area contributed by atoms with Gasteiger partial charge in [0.15, 0.2) is 0 Å². The van der Waals surface area contributed by atoms with Crippen molar-refractivity contribution < 1.29 is 13.2 Å². The molecule has 0 unspecified atom stereocenters. The number of aromatic nitrogens is 2. The number of rotatable bonds is 5. The predicted molar refractivity (Wildman–Crippen MR) is 101 cm³/mol. The molecule has 7 nitrogen and oxygen atoms in total. The quantitative estimate of drug-likeness (QED) is 0.699. The fraction of sp³-hybridized carbons (Fsp3) is 0.118. The highest BCUT2D eigenvalue weighted by Crippen LogP contribution is 2.22. The lowest BCUT2D eigenvalue weighted by atomic mass is 10.2. The Bertz CT molecular complexity index is 1030. The fourth-order valence-electron chi connectivity index (χ4n) is 2.30.